The molecule has 0 radical (unpaired) electrons. The summed E-state index contributed by atoms with van der Waals surface area (Å²) in [5.41, 5.74) is 1.62. The number of aromatic nitrogens is 4. The first-order chi connectivity index (χ1) is 8.93. The van der Waals surface area contributed by atoms with Gasteiger partial charge in [0.25, 0.3) is 5.95 Å². The van der Waals surface area contributed by atoms with E-state index in [1.54, 1.807) is 13.0 Å². The van der Waals surface area contributed by atoms with Gasteiger partial charge in [-0.2, -0.15) is 9.78 Å². The Labute approximate surface area is 114 Å². The molecule has 2 rings (SSSR count). The highest BCUT2D eigenvalue weighted by Gasteiger charge is 2.27. The predicted molar refractivity (Wildman–Crippen MR) is 69.7 cm³/mol. The third-order valence-electron chi connectivity index (χ3n) is 2.55. The van der Waals surface area contributed by atoms with Crippen LogP contribution in [0.5, 0.6) is 0 Å². The second kappa shape index (κ2) is 4.93. The summed E-state index contributed by atoms with van der Waals surface area (Å²) in [6, 6.07) is 1.80. The van der Waals surface area contributed by atoms with Crippen LogP contribution in [-0.2, 0) is 6.42 Å². The number of halogens is 1. The van der Waals surface area contributed by atoms with Gasteiger partial charge in [-0.05, 0) is 26.3 Å². The highest BCUT2D eigenvalue weighted by molar-refractivity contribution is 6.32. The van der Waals surface area contributed by atoms with E-state index in [-0.39, 0.29) is 16.8 Å². The summed E-state index contributed by atoms with van der Waals surface area (Å²) < 4.78 is 1.21. The smallest absolute Gasteiger partial charge is 0.258 e. The minimum Gasteiger partial charge on any atom is -0.258 e. The molecule has 100 valence electrons. The first-order valence-electron chi connectivity index (χ1n) is 5.68. The summed E-state index contributed by atoms with van der Waals surface area (Å²) in [4.78, 5) is 18.9. The van der Waals surface area contributed by atoms with Gasteiger partial charge in [-0.3, -0.25) is 10.1 Å². The number of hydrogen-bond acceptors (Lipinski definition) is 5. The molecule has 0 atom stereocenters. The molecule has 2 aromatic rings. The molecule has 0 aliphatic rings. The van der Waals surface area contributed by atoms with Gasteiger partial charge in [-0.25, -0.2) is 9.97 Å². The normalized spacial score (nSPS) is 10.7. The molecule has 0 fully saturated rings. The van der Waals surface area contributed by atoms with Crippen molar-refractivity contribution in [3.8, 4) is 5.95 Å². The molecule has 0 bridgehead atoms. The average molecular weight is 282 g/mol. The highest BCUT2D eigenvalue weighted by Crippen LogP contribution is 2.30. The minimum atomic E-state index is -0.534. The third-order valence-corrected chi connectivity index (χ3v) is 2.89. The molecule has 0 unspecified atom stereocenters. The van der Waals surface area contributed by atoms with E-state index in [1.807, 2.05) is 13.8 Å². The Balaban J connectivity index is 2.66. The molecule has 0 N–H and O–H groups in total. The minimum absolute atomic E-state index is 0.0770. The van der Waals surface area contributed by atoms with Crippen LogP contribution in [0, 0.1) is 24.0 Å². The lowest BCUT2D eigenvalue weighted by atomic mass is 10.3. The first kappa shape index (κ1) is 13.4. The van der Waals surface area contributed by atoms with E-state index in [0.29, 0.717) is 12.1 Å². The molecule has 2 aromatic heterocycles. The molecule has 0 saturated carbocycles. The van der Waals surface area contributed by atoms with Gasteiger partial charge in [-0.15, -0.1) is 0 Å². The number of nitro groups is 1. The van der Waals surface area contributed by atoms with Crippen molar-refractivity contribution in [1.29, 1.82) is 0 Å². The molecule has 0 aromatic carbocycles. The molecule has 0 saturated heterocycles. The molecular formula is C11H12ClN5O2. The van der Waals surface area contributed by atoms with Gasteiger partial charge < -0.3 is 0 Å². The van der Waals surface area contributed by atoms with Crippen LogP contribution in [0.1, 0.15) is 24.0 Å². The third kappa shape index (κ3) is 2.41. The van der Waals surface area contributed by atoms with Crippen LogP contribution < -0.4 is 0 Å². The van der Waals surface area contributed by atoms with Gasteiger partial charge in [0.15, 0.2) is 0 Å². The summed E-state index contributed by atoms with van der Waals surface area (Å²) in [6.45, 7) is 5.40. The standard InChI is InChI=1S/C11H12ClN5O2/c1-4-8-9(17(18)19)10(12)16(15-8)11-13-6(2)5-7(3)14-11/h5H,4H2,1-3H3. The molecule has 19 heavy (non-hydrogen) atoms. The maximum atomic E-state index is 11.0. The predicted octanol–water partition coefficient (Wildman–Crippen LogP) is 2.40. The average Bonchev–Trinajstić information content (AvgIpc) is 2.64. The zero-order chi connectivity index (χ0) is 14.2. The van der Waals surface area contributed by atoms with Gasteiger partial charge in [-0.1, -0.05) is 18.5 Å². The lowest BCUT2D eigenvalue weighted by Gasteiger charge is -2.02. The monoisotopic (exact) mass is 281 g/mol. The van der Waals surface area contributed by atoms with E-state index < -0.39 is 4.92 Å². The lowest BCUT2D eigenvalue weighted by Crippen LogP contribution is -2.05. The maximum absolute atomic E-state index is 11.0. The Bertz CT molecular complexity index is 633. The van der Waals surface area contributed by atoms with Crippen LogP contribution in [-0.4, -0.2) is 24.7 Å². The second-order valence-electron chi connectivity index (χ2n) is 4.06. The Hall–Kier alpha value is -2.02. The topological polar surface area (TPSA) is 86.7 Å². The summed E-state index contributed by atoms with van der Waals surface area (Å²) in [5, 5.41) is 15.0. The highest BCUT2D eigenvalue weighted by atomic mass is 35.5. The van der Waals surface area contributed by atoms with Crippen molar-refractivity contribution in [3.63, 3.8) is 0 Å². The number of hydrogen-bond donors (Lipinski definition) is 0. The van der Waals surface area contributed by atoms with Gasteiger partial charge in [0.2, 0.25) is 5.15 Å². The number of nitrogens with zero attached hydrogens (tertiary/aromatic N) is 5. The molecule has 0 spiro atoms. The van der Waals surface area contributed by atoms with Gasteiger partial charge in [0.1, 0.15) is 5.69 Å². The Morgan fingerprint density at radius 1 is 1.37 bits per heavy atom. The zero-order valence-electron chi connectivity index (χ0n) is 10.7. The molecule has 0 aliphatic carbocycles. The van der Waals surface area contributed by atoms with Crippen molar-refractivity contribution in [1.82, 2.24) is 19.7 Å². The van der Waals surface area contributed by atoms with E-state index >= 15 is 0 Å². The summed E-state index contributed by atoms with van der Waals surface area (Å²) in [7, 11) is 0. The van der Waals surface area contributed by atoms with Crippen LogP contribution >= 0.6 is 11.6 Å². The van der Waals surface area contributed by atoms with Gasteiger partial charge in [0, 0.05) is 11.4 Å². The van der Waals surface area contributed by atoms with Crippen LogP contribution in [0.15, 0.2) is 6.07 Å². The lowest BCUT2D eigenvalue weighted by molar-refractivity contribution is -0.385. The van der Waals surface area contributed by atoms with Gasteiger partial charge in [0.05, 0.1) is 4.92 Å². The van der Waals surface area contributed by atoms with Crippen molar-refractivity contribution in [3.05, 3.63) is 38.4 Å². The molecule has 2 heterocycles. The van der Waals surface area contributed by atoms with Gasteiger partial charge >= 0.3 is 5.69 Å². The van der Waals surface area contributed by atoms with Crippen molar-refractivity contribution < 1.29 is 4.92 Å². The van der Waals surface area contributed by atoms with E-state index in [1.165, 1.54) is 4.68 Å². The molecular weight excluding hydrogens is 270 g/mol. The summed E-state index contributed by atoms with van der Waals surface area (Å²) in [5.74, 6) is 0.241. The van der Waals surface area contributed by atoms with E-state index in [4.69, 9.17) is 11.6 Å². The first-order valence-corrected chi connectivity index (χ1v) is 6.06. The van der Waals surface area contributed by atoms with Crippen molar-refractivity contribution in [2.24, 2.45) is 0 Å². The van der Waals surface area contributed by atoms with Crippen molar-refractivity contribution >= 4 is 17.3 Å². The Kier molecular flexibility index (Phi) is 3.48. The fourth-order valence-corrected chi connectivity index (χ4v) is 2.08. The largest absolute Gasteiger partial charge is 0.329 e. The molecule has 7 nitrogen and oxygen atoms in total. The quantitative estimate of drug-likeness (QED) is 0.637. The molecule has 0 amide bonds. The summed E-state index contributed by atoms with van der Waals surface area (Å²) in [6.07, 6.45) is 0.411. The maximum Gasteiger partial charge on any atom is 0.329 e. The number of aryl methyl sites for hydroxylation is 3. The second-order valence-corrected chi connectivity index (χ2v) is 4.42. The Morgan fingerprint density at radius 3 is 2.37 bits per heavy atom. The van der Waals surface area contributed by atoms with Crippen molar-refractivity contribution in [2.45, 2.75) is 27.2 Å². The van der Waals surface area contributed by atoms with Crippen LogP contribution in [0.4, 0.5) is 5.69 Å². The van der Waals surface area contributed by atoms with Crippen molar-refractivity contribution in [2.75, 3.05) is 0 Å². The van der Waals surface area contributed by atoms with Crippen LogP contribution in [0.3, 0.4) is 0 Å². The number of rotatable bonds is 3. The fraction of sp³-hybridized carbons (Fsp3) is 0.364. The SMILES string of the molecule is CCc1nn(-c2nc(C)cc(C)n2)c(Cl)c1[N+](=O)[O-]. The Morgan fingerprint density at radius 2 is 1.95 bits per heavy atom. The van der Waals surface area contributed by atoms with E-state index in [9.17, 15) is 10.1 Å². The van der Waals surface area contributed by atoms with Crippen LogP contribution in [0.25, 0.3) is 5.95 Å². The van der Waals surface area contributed by atoms with E-state index in [2.05, 4.69) is 15.1 Å². The molecule has 8 heteroatoms. The van der Waals surface area contributed by atoms with Crippen LogP contribution in [0.2, 0.25) is 5.15 Å². The molecule has 0 aliphatic heterocycles. The summed E-state index contributed by atoms with van der Waals surface area (Å²) >= 11 is 6.02. The van der Waals surface area contributed by atoms with E-state index in [0.717, 1.165) is 11.4 Å². The fourth-order valence-electron chi connectivity index (χ4n) is 1.78. The zero-order valence-corrected chi connectivity index (χ0v) is 11.5.